The lowest BCUT2D eigenvalue weighted by Gasteiger charge is -2.15. The van der Waals surface area contributed by atoms with Gasteiger partial charge in [-0.25, -0.2) is 4.68 Å². The Hall–Kier alpha value is -2.22. The van der Waals surface area contributed by atoms with E-state index >= 15 is 0 Å². The molecule has 0 bridgehead atoms. The van der Waals surface area contributed by atoms with Crippen LogP contribution in [0.15, 0.2) is 29.4 Å². The Labute approximate surface area is 152 Å². The number of hydrogen-bond acceptors (Lipinski definition) is 6. The van der Waals surface area contributed by atoms with E-state index in [4.69, 9.17) is 10.6 Å². The molecular formula is C17H25N5O2S. The van der Waals surface area contributed by atoms with Gasteiger partial charge >= 0.3 is 0 Å². The highest BCUT2D eigenvalue weighted by molar-refractivity contribution is 8.00. The van der Waals surface area contributed by atoms with E-state index in [0.717, 1.165) is 5.75 Å². The molecule has 25 heavy (non-hydrogen) atoms. The zero-order chi connectivity index (χ0) is 18.6. The average molecular weight is 363 g/mol. The van der Waals surface area contributed by atoms with E-state index < -0.39 is 0 Å². The first-order valence-electron chi connectivity index (χ1n) is 8.09. The maximum absolute atomic E-state index is 11.9. The van der Waals surface area contributed by atoms with Crippen LogP contribution in [0, 0.1) is 0 Å². The third kappa shape index (κ3) is 4.88. The highest BCUT2D eigenvalue weighted by atomic mass is 32.2. The molecule has 2 rings (SSSR count). The molecule has 0 saturated carbocycles. The fourth-order valence-corrected chi connectivity index (χ4v) is 3.09. The fraction of sp³-hybridized carbons (Fsp3) is 0.471. The molecular weight excluding hydrogens is 338 g/mol. The van der Waals surface area contributed by atoms with Crippen molar-refractivity contribution in [2.45, 2.75) is 43.7 Å². The second kappa shape index (κ2) is 8.24. The third-order valence-corrected chi connectivity index (χ3v) is 4.76. The molecule has 7 nitrogen and oxygen atoms in total. The van der Waals surface area contributed by atoms with Gasteiger partial charge in [0.05, 0.1) is 5.25 Å². The molecule has 1 amide bonds. The van der Waals surface area contributed by atoms with E-state index in [1.165, 1.54) is 22.0 Å². The van der Waals surface area contributed by atoms with Crippen molar-refractivity contribution in [2.75, 3.05) is 19.9 Å². The number of carbonyl (C=O) groups excluding carboxylic acids is 1. The van der Waals surface area contributed by atoms with Crippen molar-refractivity contribution in [3.8, 4) is 5.75 Å². The first-order valence-corrected chi connectivity index (χ1v) is 8.97. The molecule has 2 N–H and O–H groups in total. The summed E-state index contributed by atoms with van der Waals surface area (Å²) in [5.74, 6) is 7.75. The Kier molecular flexibility index (Phi) is 6.30. The van der Waals surface area contributed by atoms with Crippen LogP contribution in [-0.4, -0.2) is 45.0 Å². The maximum Gasteiger partial charge on any atom is 0.235 e. The molecule has 0 fully saturated rings. The van der Waals surface area contributed by atoms with Crippen LogP contribution in [0.4, 0.5) is 0 Å². The second-order valence-electron chi connectivity index (χ2n) is 6.27. The van der Waals surface area contributed by atoms with Crippen LogP contribution in [0.2, 0.25) is 0 Å². The second-order valence-corrected chi connectivity index (χ2v) is 7.58. The van der Waals surface area contributed by atoms with Gasteiger partial charge in [-0.3, -0.25) is 4.79 Å². The summed E-state index contributed by atoms with van der Waals surface area (Å²) in [6, 6.07) is 7.95. The first-order chi connectivity index (χ1) is 11.8. The van der Waals surface area contributed by atoms with Gasteiger partial charge in [0.1, 0.15) is 12.4 Å². The average Bonchev–Trinajstić information content (AvgIpc) is 2.92. The van der Waals surface area contributed by atoms with Gasteiger partial charge in [-0.1, -0.05) is 37.7 Å². The van der Waals surface area contributed by atoms with Crippen LogP contribution in [0.5, 0.6) is 5.75 Å². The van der Waals surface area contributed by atoms with Gasteiger partial charge in [0.2, 0.25) is 11.1 Å². The summed E-state index contributed by atoms with van der Waals surface area (Å²) in [6.07, 6.45) is 0. The zero-order valence-electron chi connectivity index (χ0n) is 15.3. The Balaban J connectivity index is 1.97. The van der Waals surface area contributed by atoms with E-state index in [0.29, 0.717) is 16.9 Å². The van der Waals surface area contributed by atoms with E-state index in [1.54, 1.807) is 19.0 Å². The van der Waals surface area contributed by atoms with Crippen molar-refractivity contribution in [2.24, 2.45) is 0 Å². The summed E-state index contributed by atoms with van der Waals surface area (Å²) in [5, 5.41) is 8.29. The van der Waals surface area contributed by atoms with Gasteiger partial charge in [-0.15, -0.1) is 10.2 Å². The monoisotopic (exact) mass is 363 g/mol. The highest BCUT2D eigenvalue weighted by Gasteiger charge is 2.20. The number of carbonyl (C=O) groups is 1. The SMILES string of the molecule is CC(C)c1ccc(OCc2nnc(S[C@@H](C)C(=O)N(C)C)n2N)cc1. The standard InChI is InChI=1S/C17H25N5O2S/c1-11(2)13-6-8-14(9-7-13)24-10-15-19-20-17(22(15)18)25-12(3)16(23)21(4)5/h6-9,11-12H,10,18H2,1-5H3/t12-/m0/s1. The molecule has 0 saturated heterocycles. The number of thioether (sulfide) groups is 1. The van der Waals surface area contributed by atoms with Crippen molar-refractivity contribution >= 4 is 17.7 Å². The minimum absolute atomic E-state index is 0.00366. The summed E-state index contributed by atoms with van der Waals surface area (Å²) < 4.78 is 7.09. The van der Waals surface area contributed by atoms with Crippen molar-refractivity contribution in [1.82, 2.24) is 19.8 Å². The molecule has 0 aliphatic carbocycles. The van der Waals surface area contributed by atoms with Crippen LogP contribution < -0.4 is 10.6 Å². The Morgan fingerprint density at radius 3 is 2.44 bits per heavy atom. The van der Waals surface area contributed by atoms with E-state index in [1.807, 2.05) is 31.2 Å². The summed E-state index contributed by atoms with van der Waals surface area (Å²) >= 11 is 1.27. The summed E-state index contributed by atoms with van der Waals surface area (Å²) in [6.45, 7) is 6.32. The van der Waals surface area contributed by atoms with E-state index in [-0.39, 0.29) is 17.8 Å². The lowest BCUT2D eigenvalue weighted by atomic mass is 10.0. The van der Waals surface area contributed by atoms with Gasteiger partial charge in [0, 0.05) is 14.1 Å². The topological polar surface area (TPSA) is 86.3 Å². The molecule has 0 unspecified atom stereocenters. The predicted octanol–water partition coefficient (Wildman–Crippen LogP) is 2.26. The number of amides is 1. The number of ether oxygens (including phenoxy) is 1. The molecule has 2 aromatic rings. The van der Waals surface area contributed by atoms with Gasteiger partial charge in [-0.05, 0) is 30.5 Å². The molecule has 0 radical (unpaired) electrons. The molecule has 1 heterocycles. The minimum Gasteiger partial charge on any atom is -0.486 e. The number of benzene rings is 1. The Bertz CT molecular complexity index is 712. The van der Waals surface area contributed by atoms with E-state index in [2.05, 4.69) is 24.0 Å². The van der Waals surface area contributed by atoms with Crippen molar-refractivity contribution < 1.29 is 9.53 Å². The summed E-state index contributed by atoms with van der Waals surface area (Å²) in [4.78, 5) is 13.5. The lowest BCUT2D eigenvalue weighted by molar-refractivity contribution is -0.127. The van der Waals surface area contributed by atoms with Crippen LogP contribution in [-0.2, 0) is 11.4 Å². The molecule has 1 aromatic heterocycles. The normalized spacial score (nSPS) is 12.2. The third-order valence-electron chi connectivity index (χ3n) is 3.72. The number of hydrogen-bond donors (Lipinski definition) is 1. The summed E-state index contributed by atoms with van der Waals surface area (Å²) in [5.41, 5.74) is 1.26. The van der Waals surface area contributed by atoms with Crippen LogP contribution >= 0.6 is 11.8 Å². The van der Waals surface area contributed by atoms with Gasteiger partial charge in [-0.2, -0.15) is 0 Å². The van der Waals surface area contributed by atoms with Gasteiger partial charge in [0.15, 0.2) is 5.82 Å². The molecule has 8 heteroatoms. The zero-order valence-corrected chi connectivity index (χ0v) is 16.1. The first kappa shape index (κ1) is 19.1. The molecule has 1 atom stereocenters. The Morgan fingerprint density at radius 1 is 1.24 bits per heavy atom. The largest absolute Gasteiger partial charge is 0.486 e. The number of nitrogens with zero attached hydrogens (tertiary/aromatic N) is 4. The number of aromatic nitrogens is 3. The van der Waals surface area contributed by atoms with Gasteiger partial charge in [0.25, 0.3) is 0 Å². The fourth-order valence-electron chi connectivity index (χ4n) is 2.15. The van der Waals surface area contributed by atoms with Crippen molar-refractivity contribution in [1.29, 1.82) is 0 Å². The molecule has 1 aromatic carbocycles. The highest BCUT2D eigenvalue weighted by Crippen LogP contribution is 2.23. The molecule has 136 valence electrons. The van der Waals surface area contributed by atoms with Crippen LogP contribution in [0.3, 0.4) is 0 Å². The molecule has 0 spiro atoms. The number of nitrogen functional groups attached to an aromatic ring is 1. The number of rotatable bonds is 7. The maximum atomic E-state index is 11.9. The minimum atomic E-state index is -0.293. The lowest BCUT2D eigenvalue weighted by Crippen LogP contribution is -2.30. The van der Waals surface area contributed by atoms with Crippen LogP contribution in [0.1, 0.15) is 38.1 Å². The molecule has 0 aliphatic rings. The van der Waals surface area contributed by atoms with E-state index in [9.17, 15) is 4.79 Å². The predicted molar refractivity (Wildman–Crippen MR) is 99.0 cm³/mol. The Morgan fingerprint density at radius 2 is 1.88 bits per heavy atom. The number of nitrogens with two attached hydrogens (primary N) is 1. The van der Waals surface area contributed by atoms with Crippen molar-refractivity contribution in [3.63, 3.8) is 0 Å². The van der Waals surface area contributed by atoms with Gasteiger partial charge < -0.3 is 15.5 Å². The molecule has 0 aliphatic heterocycles. The van der Waals surface area contributed by atoms with Crippen molar-refractivity contribution in [3.05, 3.63) is 35.7 Å². The van der Waals surface area contributed by atoms with Crippen LogP contribution in [0.25, 0.3) is 0 Å². The summed E-state index contributed by atoms with van der Waals surface area (Å²) in [7, 11) is 3.44. The quantitative estimate of drug-likeness (QED) is 0.600. The smallest absolute Gasteiger partial charge is 0.235 e.